The lowest BCUT2D eigenvalue weighted by atomic mass is 10.2. The van der Waals surface area contributed by atoms with E-state index in [-0.39, 0.29) is 12.4 Å². The van der Waals surface area contributed by atoms with Gasteiger partial charge >= 0.3 is 0 Å². The normalized spacial score (nSPS) is 10.2. The van der Waals surface area contributed by atoms with E-state index in [0.29, 0.717) is 11.4 Å². The Morgan fingerprint density at radius 1 is 1.19 bits per heavy atom. The van der Waals surface area contributed by atoms with Crippen molar-refractivity contribution < 1.29 is 18.3 Å². The van der Waals surface area contributed by atoms with E-state index in [1.54, 1.807) is 18.2 Å². The van der Waals surface area contributed by atoms with Crippen molar-refractivity contribution in [2.75, 3.05) is 17.7 Å². The van der Waals surface area contributed by atoms with E-state index in [1.165, 1.54) is 6.07 Å². The number of ether oxygens (including phenoxy) is 1. The van der Waals surface area contributed by atoms with Crippen LogP contribution in [0.2, 0.25) is 0 Å². The SMILES string of the molecule is Cc1cc(N)ccc1NC(=O)COc1ccc(F)c(F)c1. The summed E-state index contributed by atoms with van der Waals surface area (Å²) >= 11 is 0. The van der Waals surface area contributed by atoms with Crippen LogP contribution in [0.25, 0.3) is 0 Å². The Morgan fingerprint density at radius 2 is 1.95 bits per heavy atom. The molecule has 2 aromatic rings. The quantitative estimate of drug-likeness (QED) is 0.852. The first-order valence-electron chi connectivity index (χ1n) is 6.19. The number of anilines is 2. The lowest BCUT2D eigenvalue weighted by molar-refractivity contribution is -0.118. The van der Waals surface area contributed by atoms with Crippen molar-refractivity contribution >= 4 is 17.3 Å². The molecule has 0 aromatic heterocycles. The minimum Gasteiger partial charge on any atom is -0.484 e. The molecule has 21 heavy (non-hydrogen) atoms. The predicted molar refractivity (Wildman–Crippen MR) is 76.1 cm³/mol. The van der Waals surface area contributed by atoms with Crippen LogP contribution in [-0.4, -0.2) is 12.5 Å². The number of amides is 1. The van der Waals surface area contributed by atoms with Crippen LogP contribution in [0.5, 0.6) is 5.75 Å². The molecule has 0 radical (unpaired) electrons. The van der Waals surface area contributed by atoms with Gasteiger partial charge in [-0.15, -0.1) is 0 Å². The van der Waals surface area contributed by atoms with Gasteiger partial charge in [0.15, 0.2) is 18.2 Å². The van der Waals surface area contributed by atoms with Crippen molar-refractivity contribution in [2.45, 2.75) is 6.92 Å². The number of carbonyl (C=O) groups is 1. The molecule has 0 aliphatic heterocycles. The van der Waals surface area contributed by atoms with Crippen molar-refractivity contribution in [3.8, 4) is 5.75 Å². The molecular weight excluding hydrogens is 278 g/mol. The zero-order chi connectivity index (χ0) is 15.4. The number of nitrogens with one attached hydrogen (secondary N) is 1. The van der Waals surface area contributed by atoms with Gasteiger partial charge in [-0.25, -0.2) is 8.78 Å². The van der Waals surface area contributed by atoms with Gasteiger partial charge in [0, 0.05) is 17.4 Å². The van der Waals surface area contributed by atoms with Gasteiger partial charge in [-0.3, -0.25) is 4.79 Å². The molecular formula is C15H14F2N2O2. The topological polar surface area (TPSA) is 64.3 Å². The van der Waals surface area contributed by atoms with E-state index in [0.717, 1.165) is 17.7 Å². The maximum absolute atomic E-state index is 13.0. The third-order valence-corrected chi connectivity index (χ3v) is 2.79. The Hall–Kier alpha value is -2.63. The summed E-state index contributed by atoms with van der Waals surface area (Å²) in [5, 5.41) is 2.65. The number of rotatable bonds is 4. The fourth-order valence-electron chi connectivity index (χ4n) is 1.73. The number of aryl methyl sites for hydroxylation is 1. The van der Waals surface area contributed by atoms with Gasteiger partial charge in [0.2, 0.25) is 0 Å². The Kier molecular flexibility index (Phi) is 4.37. The third kappa shape index (κ3) is 3.92. The first-order valence-corrected chi connectivity index (χ1v) is 6.19. The number of carbonyl (C=O) groups excluding carboxylic acids is 1. The Labute approximate surface area is 120 Å². The number of hydrogen-bond donors (Lipinski definition) is 2. The van der Waals surface area contributed by atoms with Crippen LogP contribution in [0.15, 0.2) is 36.4 Å². The minimum atomic E-state index is -1.03. The zero-order valence-electron chi connectivity index (χ0n) is 11.3. The molecule has 4 nitrogen and oxygen atoms in total. The first kappa shape index (κ1) is 14.8. The van der Waals surface area contributed by atoms with Crippen LogP contribution < -0.4 is 15.8 Å². The number of nitrogen functional groups attached to an aromatic ring is 1. The minimum absolute atomic E-state index is 0.0816. The molecule has 0 saturated heterocycles. The highest BCUT2D eigenvalue weighted by Gasteiger charge is 2.08. The number of benzene rings is 2. The number of nitrogens with two attached hydrogens (primary N) is 1. The lowest BCUT2D eigenvalue weighted by Crippen LogP contribution is -2.20. The Bertz CT molecular complexity index is 675. The maximum Gasteiger partial charge on any atom is 0.262 e. The van der Waals surface area contributed by atoms with E-state index < -0.39 is 17.5 Å². The molecule has 110 valence electrons. The van der Waals surface area contributed by atoms with Gasteiger partial charge in [0.25, 0.3) is 5.91 Å². The summed E-state index contributed by atoms with van der Waals surface area (Å²) in [6, 6.07) is 8.15. The predicted octanol–water partition coefficient (Wildman–Crippen LogP) is 2.87. The second-order valence-electron chi connectivity index (χ2n) is 4.49. The van der Waals surface area contributed by atoms with Crippen LogP contribution in [0.3, 0.4) is 0 Å². The first-order chi connectivity index (χ1) is 9.95. The van der Waals surface area contributed by atoms with E-state index in [9.17, 15) is 13.6 Å². The van der Waals surface area contributed by atoms with Crippen molar-refractivity contribution in [1.82, 2.24) is 0 Å². The molecule has 0 atom stereocenters. The van der Waals surface area contributed by atoms with Crippen LogP contribution in [0.1, 0.15) is 5.56 Å². The monoisotopic (exact) mass is 292 g/mol. The smallest absolute Gasteiger partial charge is 0.262 e. The molecule has 0 unspecified atom stereocenters. The highest BCUT2D eigenvalue weighted by Crippen LogP contribution is 2.18. The summed E-state index contributed by atoms with van der Waals surface area (Å²) in [7, 11) is 0. The van der Waals surface area contributed by atoms with Gasteiger partial charge in [0.05, 0.1) is 0 Å². The summed E-state index contributed by atoms with van der Waals surface area (Å²) < 4.78 is 30.8. The van der Waals surface area contributed by atoms with Crippen molar-refractivity contribution in [3.05, 3.63) is 53.6 Å². The van der Waals surface area contributed by atoms with Crippen LogP contribution in [-0.2, 0) is 4.79 Å². The second-order valence-corrected chi connectivity index (χ2v) is 4.49. The summed E-state index contributed by atoms with van der Waals surface area (Å²) in [5.74, 6) is -2.32. The molecule has 3 N–H and O–H groups in total. The fraction of sp³-hybridized carbons (Fsp3) is 0.133. The summed E-state index contributed by atoms with van der Waals surface area (Å²) in [4.78, 5) is 11.7. The van der Waals surface area contributed by atoms with E-state index in [2.05, 4.69) is 5.32 Å². The van der Waals surface area contributed by atoms with Crippen LogP contribution in [0, 0.1) is 18.6 Å². The molecule has 0 spiro atoms. The maximum atomic E-state index is 13.0. The largest absolute Gasteiger partial charge is 0.484 e. The summed E-state index contributed by atoms with van der Waals surface area (Å²) in [6.07, 6.45) is 0. The molecule has 0 fully saturated rings. The van der Waals surface area contributed by atoms with Gasteiger partial charge in [-0.1, -0.05) is 0 Å². The fourth-order valence-corrected chi connectivity index (χ4v) is 1.73. The summed E-state index contributed by atoms with van der Waals surface area (Å²) in [6.45, 7) is 1.50. The van der Waals surface area contributed by atoms with Crippen molar-refractivity contribution in [1.29, 1.82) is 0 Å². The zero-order valence-corrected chi connectivity index (χ0v) is 11.3. The number of halogens is 2. The molecule has 2 aromatic carbocycles. The molecule has 0 bridgehead atoms. The highest BCUT2D eigenvalue weighted by molar-refractivity contribution is 5.92. The molecule has 0 heterocycles. The average Bonchev–Trinajstić information content (AvgIpc) is 2.43. The lowest BCUT2D eigenvalue weighted by Gasteiger charge is -2.10. The summed E-state index contributed by atoms with van der Waals surface area (Å²) in [5.41, 5.74) is 7.65. The van der Waals surface area contributed by atoms with Crippen molar-refractivity contribution in [3.63, 3.8) is 0 Å². The van der Waals surface area contributed by atoms with Crippen LogP contribution >= 0.6 is 0 Å². The van der Waals surface area contributed by atoms with Gasteiger partial charge in [-0.05, 0) is 42.8 Å². The highest BCUT2D eigenvalue weighted by atomic mass is 19.2. The molecule has 1 amide bonds. The second kappa shape index (κ2) is 6.21. The Balaban J connectivity index is 1.94. The Morgan fingerprint density at radius 3 is 2.62 bits per heavy atom. The number of hydrogen-bond acceptors (Lipinski definition) is 3. The molecule has 0 aliphatic carbocycles. The van der Waals surface area contributed by atoms with E-state index in [4.69, 9.17) is 10.5 Å². The van der Waals surface area contributed by atoms with Gasteiger partial charge in [-0.2, -0.15) is 0 Å². The molecule has 2 rings (SSSR count). The van der Waals surface area contributed by atoms with Gasteiger partial charge < -0.3 is 15.8 Å². The van der Waals surface area contributed by atoms with E-state index >= 15 is 0 Å². The van der Waals surface area contributed by atoms with Crippen LogP contribution in [0.4, 0.5) is 20.2 Å². The molecule has 0 aliphatic rings. The molecule has 0 saturated carbocycles. The standard InChI is InChI=1S/C15H14F2N2O2/c1-9-6-10(18)2-5-14(9)19-15(20)8-21-11-3-4-12(16)13(17)7-11/h2-7H,8,18H2,1H3,(H,19,20). The molecule has 6 heteroatoms. The van der Waals surface area contributed by atoms with E-state index in [1.807, 2.05) is 6.92 Å². The van der Waals surface area contributed by atoms with Gasteiger partial charge in [0.1, 0.15) is 5.75 Å². The third-order valence-electron chi connectivity index (χ3n) is 2.79. The van der Waals surface area contributed by atoms with Crippen molar-refractivity contribution in [2.24, 2.45) is 0 Å². The average molecular weight is 292 g/mol.